The van der Waals surface area contributed by atoms with Crippen LogP contribution in [-0.2, 0) is 24.3 Å². The predicted octanol–water partition coefficient (Wildman–Crippen LogP) is 2.47. The Morgan fingerprint density at radius 2 is 1.97 bits per heavy atom. The summed E-state index contributed by atoms with van der Waals surface area (Å²) in [5.74, 6) is -0.196. The van der Waals surface area contributed by atoms with Crippen molar-refractivity contribution in [2.24, 2.45) is 0 Å². The van der Waals surface area contributed by atoms with Crippen molar-refractivity contribution in [2.45, 2.75) is 55.3 Å². The van der Waals surface area contributed by atoms with Crippen LogP contribution in [0.5, 0.6) is 0 Å². The third-order valence-electron chi connectivity index (χ3n) is 5.32. The van der Waals surface area contributed by atoms with Gasteiger partial charge < -0.3 is 9.47 Å². The monoisotopic (exact) mass is 446 g/mol. The Bertz CT molecular complexity index is 867. The number of hydrogen-bond donors (Lipinski definition) is 0. The van der Waals surface area contributed by atoms with E-state index in [-0.39, 0.29) is 41.6 Å². The Labute approximate surface area is 174 Å². The van der Waals surface area contributed by atoms with Gasteiger partial charge in [-0.2, -0.15) is 4.31 Å². The molecular weight excluding hydrogens is 424 g/mol. The number of rotatable bonds is 5. The van der Waals surface area contributed by atoms with Gasteiger partial charge in [0.05, 0.1) is 21.5 Å². The zero-order valence-electron chi connectivity index (χ0n) is 16.0. The zero-order valence-corrected chi connectivity index (χ0v) is 17.5. The molecule has 160 valence electrons. The van der Waals surface area contributed by atoms with Crippen LogP contribution >= 0.6 is 11.6 Å². The molecule has 1 heterocycles. The van der Waals surface area contributed by atoms with Gasteiger partial charge in [-0.1, -0.05) is 0 Å². The van der Waals surface area contributed by atoms with Crippen LogP contribution in [0.15, 0.2) is 29.2 Å². The van der Waals surface area contributed by atoms with Crippen molar-refractivity contribution >= 4 is 33.3 Å². The number of sulfonamides is 1. The van der Waals surface area contributed by atoms with E-state index in [0.29, 0.717) is 25.7 Å². The van der Waals surface area contributed by atoms with Crippen molar-refractivity contribution in [1.29, 1.82) is 0 Å². The summed E-state index contributed by atoms with van der Waals surface area (Å²) in [6.45, 7) is 1.63. The number of halogens is 1. The molecule has 1 aliphatic heterocycles. The largest absolute Gasteiger partial charge is 0.463 e. The fraction of sp³-hybridized carbons (Fsp3) is 0.611. The molecule has 1 saturated carbocycles. The second kappa shape index (κ2) is 8.55. The molecular formula is C18H23ClN2O7S. The highest BCUT2D eigenvalue weighted by Gasteiger charge is 2.46. The summed E-state index contributed by atoms with van der Waals surface area (Å²) in [6.07, 6.45) is 1.59. The smallest absolute Gasteiger partial charge is 0.302 e. The Morgan fingerprint density at radius 1 is 1.34 bits per heavy atom. The van der Waals surface area contributed by atoms with Crippen molar-refractivity contribution in [3.8, 4) is 0 Å². The topological polar surface area (TPSA) is 116 Å². The number of benzene rings is 1. The molecule has 1 saturated heterocycles. The fourth-order valence-electron chi connectivity index (χ4n) is 3.94. The van der Waals surface area contributed by atoms with Crippen molar-refractivity contribution in [3.05, 3.63) is 34.4 Å². The number of alkyl halides is 1. The highest BCUT2D eigenvalue weighted by atomic mass is 35.5. The van der Waals surface area contributed by atoms with Crippen LogP contribution in [0.2, 0.25) is 0 Å². The van der Waals surface area contributed by atoms with E-state index in [1.807, 2.05) is 0 Å². The van der Waals surface area contributed by atoms with Crippen LogP contribution in [0, 0.1) is 10.1 Å². The van der Waals surface area contributed by atoms with Crippen LogP contribution in [0.3, 0.4) is 0 Å². The van der Waals surface area contributed by atoms with E-state index in [0.717, 1.165) is 0 Å². The molecule has 1 aromatic rings. The lowest BCUT2D eigenvalue weighted by Crippen LogP contribution is -2.59. The maximum Gasteiger partial charge on any atom is 0.302 e. The first kappa shape index (κ1) is 21.9. The van der Waals surface area contributed by atoms with Crippen molar-refractivity contribution < 1.29 is 27.6 Å². The number of nitro groups is 1. The van der Waals surface area contributed by atoms with Gasteiger partial charge in [0.25, 0.3) is 5.69 Å². The standard InChI is InChI=1S/C18H23ClN2O7S/c1-13(22)27-15-6-8-18(9-7-15)12-20(11-16(10-19)28-18)29(25,26)17-4-2-14(3-5-17)21(23)24/h2-5,15-16H,6-12H2,1H3/t15?,16-,18?/m1/s1. The number of hydrogen-bond acceptors (Lipinski definition) is 7. The molecule has 1 aliphatic carbocycles. The summed E-state index contributed by atoms with van der Waals surface area (Å²) < 4.78 is 39.1. The lowest BCUT2D eigenvalue weighted by molar-refractivity contribution is -0.384. The Hall–Kier alpha value is -1.75. The average molecular weight is 447 g/mol. The van der Waals surface area contributed by atoms with Gasteiger partial charge in [-0.15, -0.1) is 11.6 Å². The molecule has 0 bridgehead atoms. The maximum atomic E-state index is 13.2. The third kappa shape index (κ3) is 4.88. The van der Waals surface area contributed by atoms with Crippen LogP contribution in [-0.4, -0.2) is 60.4 Å². The molecule has 2 aliphatic rings. The summed E-state index contributed by atoms with van der Waals surface area (Å²) in [6, 6.07) is 4.82. The molecule has 3 rings (SSSR count). The van der Waals surface area contributed by atoms with E-state index >= 15 is 0 Å². The molecule has 0 unspecified atom stereocenters. The quantitative estimate of drug-likeness (QED) is 0.295. The molecule has 1 aromatic carbocycles. The van der Waals surface area contributed by atoms with Gasteiger partial charge >= 0.3 is 5.97 Å². The van der Waals surface area contributed by atoms with E-state index in [4.69, 9.17) is 21.1 Å². The molecule has 29 heavy (non-hydrogen) atoms. The molecule has 9 nitrogen and oxygen atoms in total. The Kier molecular flexibility index (Phi) is 6.47. The summed E-state index contributed by atoms with van der Waals surface area (Å²) in [5, 5.41) is 10.8. The van der Waals surface area contributed by atoms with Crippen molar-refractivity contribution in [1.82, 2.24) is 4.31 Å². The number of morpholine rings is 1. The average Bonchev–Trinajstić information content (AvgIpc) is 2.69. The minimum absolute atomic E-state index is 0.0120. The molecule has 0 radical (unpaired) electrons. The SMILES string of the molecule is CC(=O)OC1CCC2(CC1)CN(S(=O)(=O)c1ccc([N+](=O)[O-])cc1)C[C@@H](CCl)O2. The van der Waals surface area contributed by atoms with E-state index in [1.165, 1.54) is 35.5 Å². The summed E-state index contributed by atoms with van der Waals surface area (Å²) in [4.78, 5) is 21.4. The third-order valence-corrected chi connectivity index (χ3v) is 7.49. The van der Waals surface area contributed by atoms with Crippen LogP contribution in [0.4, 0.5) is 5.69 Å². The van der Waals surface area contributed by atoms with Crippen LogP contribution in [0.1, 0.15) is 32.6 Å². The Morgan fingerprint density at radius 3 is 2.48 bits per heavy atom. The summed E-state index contributed by atoms with van der Waals surface area (Å²) in [5.41, 5.74) is -0.868. The lowest BCUT2D eigenvalue weighted by atomic mass is 9.82. The van der Waals surface area contributed by atoms with E-state index in [1.54, 1.807) is 0 Å². The van der Waals surface area contributed by atoms with Crippen LogP contribution < -0.4 is 0 Å². The molecule has 1 atom stereocenters. The number of ether oxygens (including phenoxy) is 2. The molecule has 1 spiro atoms. The van der Waals surface area contributed by atoms with Gasteiger partial charge in [0.1, 0.15) is 6.10 Å². The van der Waals surface area contributed by atoms with Gasteiger partial charge in [-0.3, -0.25) is 14.9 Å². The second-order valence-electron chi connectivity index (χ2n) is 7.43. The normalized spacial score (nSPS) is 28.2. The van der Waals surface area contributed by atoms with Gasteiger partial charge in [0.2, 0.25) is 10.0 Å². The molecule has 0 aromatic heterocycles. The molecule has 0 N–H and O–H groups in total. The number of carbonyl (C=O) groups is 1. The predicted molar refractivity (Wildman–Crippen MR) is 104 cm³/mol. The lowest BCUT2D eigenvalue weighted by Gasteiger charge is -2.48. The first-order valence-electron chi connectivity index (χ1n) is 9.31. The van der Waals surface area contributed by atoms with Gasteiger partial charge in [0, 0.05) is 38.0 Å². The molecule has 2 fully saturated rings. The van der Waals surface area contributed by atoms with Gasteiger partial charge in [0.15, 0.2) is 0 Å². The maximum absolute atomic E-state index is 13.2. The minimum Gasteiger partial charge on any atom is -0.463 e. The van der Waals surface area contributed by atoms with E-state index in [2.05, 4.69) is 0 Å². The highest BCUT2D eigenvalue weighted by Crippen LogP contribution is 2.39. The first-order valence-corrected chi connectivity index (χ1v) is 11.3. The summed E-state index contributed by atoms with van der Waals surface area (Å²) >= 11 is 6.01. The van der Waals surface area contributed by atoms with Gasteiger partial charge in [-0.25, -0.2) is 8.42 Å². The summed E-state index contributed by atoms with van der Waals surface area (Å²) in [7, 11) is -3.87. The number of nitrogens with zero attached hydrogens (tertiary/aromatic N) is 2. The Balaban J connectivity index is 1.80. The van der Waals surface area contributed by atoms with Gasteiger partial charge in [-0.05, 0) is 37.8 Å². The molecule has 11 heteroatoms. The number of non-ortho nitro benzene ring substituents is 1. The molecule has 0 amide bonds. The second-order valence-corrected chi connectivity index (χ2v) is 9.68. The van der Waals surface area contributed by atoms with E-state index in [9.17, 15) is 23.3 Å². The van der Waals surface area contributed by atoms with Crippen molar-refractivity contribution in [3.63, 3.8) is 0 Å². The minimum atomic E-state index is -3.87. The number of nitro benzene ring substituents is 1. The van der Waals surface area contributed by atoms with E-state index < -0.39 is 26.7 Å². The fourth-order valence-corrected chi connectivity index (χ4v) is 5.65. The number of carbonyl (C=O) groups excluding carboxylic acids is 1. The highest BCUT2D eigenvalue weighted by molar-refractivity contribution is 7.89. The number of esters is 1. The van der Waals surface area contributed by atoms with Crippen molar-refractivity contribution in [2.75, 3.05) is 19.0 Å². The first-order chi connectivity index (χ1) is 13.6. The van der Waals surface area contributed by atoms with Crippen LogP contribution in [0.25, 0.3) is 0 Å². The zero-order chi connectivity index (χ0) is 21.2.